The summed E-state index contributed by atoms with van der Waals surface area (Å²) >= 11 is 0. The van der Waals surface area contributed by atoms with E-state index in [1.165, 1.54) is 18.3 Å². The van der Waals surface area contributed by atoms with Gasteiger partial charge in [-0.25, -0.2) is 24.0 Å². The van der Waals surface area contributed by atoms with Crippen molar-refractivity contribution in [2.75, 3.05) is 5.43 Å². The second kappa shape index (κ2) is 5.95. The van der Waals surface area contributed by atoms with Gasteiger partial charge in [0.1, 0.15) is 5.82 Å². The van der Waals surface area contributed by atoms with Crippen LogP contribution in [0.3, 0.4) is 0 Å². The zero-order valence-electron chi connectivity index (χ0n) is 10.8. The van der Waals surface area contributed by atoms with E-state index in [1.54, 1.807) is 31.5 Å². The van der Waals surface area contributed by atoms with E-state index in [0.717, 1.165) is 5.56 Å². The Hall–Kier alpha value is -2.03. The van der Waals surface area contributed by atoms with Gasteiger partial charge in [-0.3, -0.25) is 4.98 Å². The van der Waals surface area contributed by atoms with Gasteiger partial charge in [-0.05, 0) is 30.7 Å². The lowest BCUT2D eigenvalue weighted by molar-refractivity contribution is 0.566. The van der Waals surface area contributed by atoms with E-state index in [9.17, 15) is 8.42 Å². The summed E-state index contributed by atoms with van der Waals surface area (Å²) in [4.78, 5) is 7.87. The zero-order chi connectivity index (χ0) is 14.6. The summed E-state index contributed by atoms with van der Waals surface area (Å²) in [7, 11) is -3.65. The Morgan fingerprint density at radius 2 is 1.90 bits per heavy atom. The van der Waals surface area contributed by atoms with Crippen molar-refractivity contribution in [3.8, 4) is 0 Å². The van der Waals surface area contributed by atoms with Crippen molar-refractivity contribution in [2.45, 2.75) is 17.9 Å². The predicted octanol–water partition coefficient (Wildman–Crippen LogP) is 0.802. The fraction of sp³-hybridized carbons (Fsp3) is 0.167. The van der Waals surface area contributed by atoms with E-state index in [1.807, 2.05) is 0 Å². The zero-order valence-corrected chi connectivity index (χ0v) is 11.6. The maximum Gasteiger partial charge on any atom is 0.241 e. The highest BCUT2D eigenvalue weighted by Crippen LogP contribution is 2.17. The molecular formula is C12H15N5O2S. The molecule has 0 saturated carbocycles. The number of hydrogen-bond acceptors (Lipinski definition) is 6. The first-order chi connectivity index (χ1) is 9.53. The van der Waals surface area contributed by atoms with Crippen LogP contribution in [-0.2, 0) is 10.0 Å². The molecule has 20 heavy (non-hydrogen) atoms. The van der Waals surface area contributed by atoms with Gasteiger partial charge in [-0.2, -0.15) is 0 Å². The number of hydrazine groups is 1. The highest BCUT2D eigenvalue weighted by molar-refractivity contribution is 7.89. The van der Waals surface area contributed by atoms with E-state index in [2.05, 4.69) is 20.1 Å². The first-order valence-corrected chi connectivity index (χ1v) is 7.36. The van der Waals surface area contributed by atoms with E-state index < -0.39 is 10.0 Å². The summed E-state index contributed by atoms with van der Waals surface area (Å²) in [6.45, 7) is 1.76. The van der Waals surface area contributed by atoms with Gasteiger partial charge in [0, 0.05) is 30.7 Å². The van der Waals surface area contributed by atoms with Crippen LogP contribution in [-0.4, -0.2) is 18.4 Å². The Bertz CT molecular complexity index is 675. The molecule has 0 radical (unpaired) electrons. The minimum atomic E-state index is -3.65. The molecule has 2 aromatic rings. The number of sulfonamides is 1. The van der Waals surface area contributed by atoms with Crippen molar-refractivity contribution in [3.05, 3.63) is 48.4 Å². The van der Waals surface area contributed by atoms with Crippen LogP contribution in [0.4, 0.5) is 5.82 Å². The molecule has 4 N–H and O–H groups in total. The van der Waals surface area contributed by atoms with Gasteiger partial charge in [0.25, 0.3) is 0 Å². The number of aromatic nitrogens is 2. The first kappa shape index (κ1) is 14.4. The molecule has 0 spiro atoms. The van der Waals surface area contributed by atoms with E-state index >= 15 is 0 Å². The minimum absolute atomic E-state index is 0.0985. The minimum Gasteiger partial charge on any atom is -0.308 e. The Morgan fingerprint density at radius 3 is 2.55 bits per heavy atom. The normalized spacial score (nSPS) is 12.9. The van der Waals surface area contributed by atoms with E-state index in [4.69, 9.17) is 5.84 Å². The monoisotopic (exact) mass is 293 g/mol. The van der Waals surface area contributed by atoms with Gasteiger partial charge in [0.2, 0.25) is 10.0 Å². The fourth-order valence-corrected chi connectivity index (χ4v) is 2.92. The van der Waals surface area contributed by atoms with Gasteiger partial charge in [0.15, 0.2) is 0 Å². The number of anilines is 1. The number of pyridine rings is 2. The van der Waals surface area contributed by atoms with Crippen LogP contribution in [0.1, 0.15) is 18.5 Å². The van der Waals surface area contributed by atoms with Crippen molar-refractivity contribution in [3.63, 3.8) is 0 Å². The second-order valence-electron chi connectivity index (χ2n) is 4.14. The molecule has 8 heteroatoms. The van der Waals surface area contributed by atoms with Crippen LogP contribution < -0.4 is 16.0 Å². The molecule has 7 nitrogen and oxygen atoms in total. The Balaban J connectivity index is 2.23. The summed E-state index contributed by atoms with van der Waals surface area (Å²) in [6, 6.07) is 5.91. The number of hydrogen-bond donors (Lipinski definition) is 3. The maximum atomic E-state index is 12.3. The SMILES string of the molecule is CC(NS(=O)(=O)c1ccnc(NN)c1)c1ccncc1. The average Bonchev–Trinajstić information content (AvgIpc) is 2.48. The Kier molecular flexibility index (Phi) is 4.28. The largest absolute Gasteiger partial charge is 0.308 e. The van der Waals surface area contributed by atoms with Gasteiger partial charge < -0.3 is 5.43 Å². The average molecular weight is 293 g/mol. The molecule has 2 aromatic heterocycles. The second-order valence-corrected chi connectivity index (χ2v) is 5.86. The highest BCUT2D eigenvalue weighted by atomic mass is 32.2. The maximum absolute atomic E-state index is 12.3. The molecule has 2 rings (SSSR count). The molecule has 0 aromatic carbocycles. The van der Waals surface area contributed by atoms with Gasteiger partial charge in [-0.1, -0.05) is 0 Å². The molecule has 0 aliphatic heterocycles. The number of rotatable bonds is 5. The number of nitrogens with zero attached hydrogens (tertiary/aromatic N) is 2. The lowest BCUT2D eigenvalue weighted by Crippen LogP contribution is -2.27. The third kappa shape index (κ3) is 3.29. The number of nitrogens with two attached hydrogens (primary N) is 1. The smallest absolute Gasteiger partial charge is 0.241 e. The van der Waals surface area contributed by atoms with Gasteiger partial charge in [-0.15, -0.1) is 0 Å². The lowest BCUT2D eigenvalue weighted by Gasteiger charge is -2.14. The van der Waals surface area contributed by atoms with Crippen LogP contribution in [0.2, 0.25) is 0 Å². The predicted molar refractivity (Wildman–Crippen MR) is 75.0 cm³/mol. The quantitative estimate of drug-likeness (QED) is 0.555. The first-order valence-electron chi connectivity index (χ1n) is 5.88. The van der Waals surface area contributed by atoms with Crippen molar-refractivity contribution < 1.29 is 8.42 Å². The molecule has 0 bridgehead atoms. The van der Waals surface area contributed by atoms with Crippen molar-refractivity contribution in [1.82, 2.24) is 14.7 Å². The van der Waals surface area contributed by atoms with Crippen LogP contribution in [0.15, 0.2) is 47.8 Å². The fourth-order valence-electron chi connectivity index (χ4n) is 1.68. The molecule has 1 unspecified atom stereocenters. The molecule has 1 atom stereocenters. The summed E-state index contributed by atoms with van der Waals surface area (Å²) in [6.07, 6.45) is 4.60. The number of nitrogen functional groups attached to an aromatic ring is 1. The van der Waals surface area contributed by atoms with Crippen molar-refractivity contribution >= 4 is 15.8 Å². The van der Waals surface area contributed by atoms with Crippen LogP contribution in [0.5, 0.6) is 0 Å². The lowest BCUT2D eigenvalue weighted by atomic mass is 10.1. The summed E-state index contributed by atoms with van der Waals surface area (Å²) < 4.78 is 27.1. The van der Waals surface area contributed by atoms with Crippen molar-refractivity contribution in [2.24, 2.45) is 5.84 Å². The summed E-state index contributed by atoms with van der Waals surface area (Å²) in [5.74, 6) is 5.50. The van der Waals surface area contributed by atoms with Crippen LogP contribution in [0.25, 0.3) is 0 Å². The molecule has 0 saturated heterocycles. The molecule has 0 aliphatic carbocycles. The highest BCUT2D eigenvalue weighted by Gasteiger charge is 2.18. The standard InChI is InChI=1S/C12H15N5O2S/c1-9(10-2-5-14-6-3-10)17-20(18,19)11-4-7-15-12(8-11)16-13/h2-9,17H,13H2,1H3,(H,15,16). The van der Waals surface area contributed by atoms with E-state index in [-0.39, 0.29) is 16.8 Å². The Morgan fingerprint density at radius 1 is 1.20 bits per heavy atom. The molecule has 0 aliphatic rings. The number of nitrogens with one attached hydrogen (secondary N) is 2. The molecule has 106 valence electrons. The third-order valence-electron chi connectivity index (χ3n) is 2.73. The Labute approximate surface area is 117 Å². The van der Waals surface area contributed by atoms with Crippen LogP contribution in [0, 0.1) is 0 Å². The van der Waals surface area contributed by atoms with Gasteiger partial charge >= 0.3 is 0 Å². The molecular weight excluding hydrogens is 278 g/mol. The molecule has 0 fully saturated rings. The third-order valence-corrected chi connectivity index (χ3v) is 4.27. The summed E-state index contributed by atoms with van der Waals surface area (Å²) in [5.41, 5.74) is 3.14. The molecule has 0 amide bonds. The topological polar surface area (TPSA) is 110 Å². The summed E-state index contributed by atoms with van der Waals surface area (Å²) in [5, 5.41) is 0. The van der Waals surface area contributed by atoms with Crippen molar-refractivity contribution in [1.29, 1.82) is 0 Å². The van der Waals surface area contributed by atoms with Crippen LogP contribution >= 0.6 is 0 Å². The van der Waals surface area contributed by atoms with Gasteiger partial charge in [0.05, 0.1) is 4.90 Å². The van der Waals surface area contributed by atoms with E-state index in [0.29, 0.717) is 0 Å². The molecule has 2 heterocycles.